The van der Waals surface area contributed by atoms with Gasteiger partial charge in [-0.1, -0.05) is 90.6 Å². The molecule has 2 rings (SSSR count). The molecule has 1 atom stereocenters. The monoisotopic (exact) mass is 739 g/mol. The second-order valence-electron chi connectivity index (χ2n) is 12.3. The van der Waals surface area contributed by atoms with E-state index in [2.05, 4.69) is 64.1 Å². The molecule has 1 amide bonds. The summed E-state index contributed by atoms with van der Waals surface area (Å²) in [5, 5.41) is 0. The average Bonchev–Trinajstić information content (AvgIpc) is 3.03. The predicted octanol–water partition coefficient (Wildman–Crippen LogP) is 9.59. The van der Waals surface area contributed by atoms with Gasteiger partial charge in [-0.15, -0.1) is 11.6 Å². The maximum Gasteiger partial charge on any atom is 0.293 e. The van der Waals surface area contributed by atoms with E-state index in [0.29, 0.717) is 37.9 Å². The molecule has 2 N–H and O–H groups in total. The molecule has 7 nitrogen and oxygen atoms in total. The van der Waals surface area contributed by atoms with Gasteiger partial charge in [0.25, 0.3) is 6.47 Å². The van der Waals surface area contributed by atoms with E-state index < -0.39 is 11.9 Å². The molecule has 0 radical (unpaired) electrons. The summed E-state index contributed by atoms with van der Waals surface area (Å²) >= 11 is 0. The molecule has 1 aromatic heterocycles. The summed E-state index contributed by atoms with van der Waals surface area (Å²) in [4.78, 5) is 32.5. The molecule has 1 heterocycles. The van der Waals surface area contributed by atoms with Crippen LogP contribution < -0.4 is 11.3 Å². The third-order valence-electron chi connectivity index (χ3n) is 7.26. The van der Waals surface area contributed by atoms with Crippen molar-refractivity contribution in [1.29, 1.82) is 0 Å². The van der Waals surface area contributed by atoms with Gasteiger partial charge in [0.1, 0.15) is 11.4 Å². The van der Waals surface area contributed by atoms with Gasteiger partial charge in [-0.05, 0) is 100 Å². The number of benzene rings is 1. The Morgan fingerprint density at radius 3 is 2.00 bits per heavy atom. The van der Waals surface area contributed by atoms with Gasteiger partial charge in [-0.3, -0.25) is 9.59 Å². The number of nitrogens with zero attached hydrogens (tertiary/aromatic N) is 1. The first-order chi connectivity index (χ1) is 23.2. The van der Waals surface area contributed by atoms with Crippen LogP contribution in [0.4, 0.5) is 4.39 Å². The summed E-state index contributed by atoms with van der Waals surface area (Å²) in [7, 11) is 1.76. The van der Waals surface area contributed by atoms with Crippen LogP contribution in [0.3, 0.4) is 0 Å². The van der Waals surface area contributed by atoms with Crippen LogP contribution in [0.25, 0.3) is 5.57 Å². The second-order valence-corrected chi connectivity index (χ2v) is 12.3. The Balaban J connectivity index is -0.000000660. The third kappa shape index (κ3) is 22.5. The molecule has 0 saturated carbocycles. The van der Waals surface area contributed by atoms with Gasteiger partial charge in [0, 0.05) is 24.2 Å². The number of carbonyl (C=O) groups excluding carboxylic acids is 2. The number of rotatable bonds is 16. The first-order valence-electron chi connectivity index (χ1n) is 17.5. The Kier molecular flexibility index (Phi) is 31.2. The molecule has 2 aromatic rings. The minimum Gasteiger partial charge on any atom is -0.468 e. The van der Waals surface area contributed by atoms with Gasteiger partial charge in [0.15, 0.2) is 0 Å². The molecule has 0 bridgehead atoms. The summed E-state index contributed by atoms with van der Waals surface area (Å²) in [6, 6.07) is 9.90. The number of carbonyl (C=O) groups is 2. The second kappa shape index (κ2) is 30.6. The van der Waals surface area contributed by atoms with Crippen LogP contribution in [-0.4, -0.2) is 36.8 Å². The maximum atomic E-state index is 13.8. The van der Waals surface area contributed by atoms with Gasteiger partial charge in [-0.25, -0.2) is 4.39 Å². The van der Waals surface area contributed by atoms with Crippen molar-refractivity contribution in [2.24, 2.45) is 11.7 Å². The van der Waals surface area contributed by atoms with E-state index in [4.69, 9.17) is 10.5 Å². The van der Waals surface area contributed by atoms with Crippen molar-refractivity contribution >= 4 is 18.0 Å². The number of allylic oxidation sites excluding steroid dienone is 5. The van der Waals surface area contributed by atoms with Gasteiger partial charge < -0.3 is 24.6 Å². The number of primary amides is 1. The fourth-order valence-electron chi connectivity index (χ4n) is 4.85. The number of ether oxygens (including phenoxy) is 2. The van der Waals surface area contributed by atoms with E-state index in [1.165, 1.54) is 10.6 Å². The standard InChI is InChI=1S/C18H23F.C14H21N2O2.C6H14O.C3H6O2.Fe/c1-6-8-17(19)12-16(11-13(2)3)18-14(4)9-7-10-15(18)5;1-4-5-11-6-7-13(17)16(9-11)12(14(15)18)8-10(2)3;1-4-6(5-2)7-3;1-2-5-3-4;/h7,9-12H,2,6,8H2,1,3-5H3;7,9-10,12H,4-5,8H2,1-3H3,(H2,15,18);6H,4-5H2,1-3H3;3H,2H2,1H3;/q;-1;;;/b16-11+,17-12-;;;;. The maximum absolute atomic E-state index is 13.8. The van der Waals surface area contributed by atoms with Crippen LogP contribution in [0.2, 0.25) is 0 Å². The van der Waals surface area contributed by atoms with Crippen molar-refractivity contribution in [3.05, 3.63) is 99.3 Å². The molecule has 0 spiro atoms. The van der Waals surface area contributed by atoms with Gasteiger partial charge in [0.2, 0.25) is 5.91 Å². The molecule has 9 heteroatoms. The van der Waals surface area contributed by atoms with E-state index in [1.54, 1.807) is 26.3 Å². The Bertz CT molecular complexity index is 1340. The van der Waals surface area contributed by atoms with Crippen molar-refractivity contribution in [1.82, 2.24) is 4.57 Å². The number of aryl methyl sites for hydroxylation is 3. The number of aromatic nitrogens is 1. The van der Waals surface area contributed by atoms with Crippen molar-refractivity contribution in [2.45, 2.75) is 126 Å². The average molecular weight is 740 g/mol. The van der Waals surface area contributed by atoms with Gasteiger partial charge in [-0.2, -0.15) is 6.07 Å². The number of nitrogens with two attached hydrogens (primary N) is 1. The Hall–Kier alpha value is -3.26. The first kappa shape index (κ1) is 51.1. The zero-order valence-corrected chi connectivity index (χ0v) is 33.6. The fraction of sp³-hybridized carbons (Fsp3) is 0.537. The smallest absolute Gasteiger partial charge is 0.293 e. The zero-order chi connectivity index (χ0) is 37.9. The molecule has 1 unspecified atom stereocenters. The fourth-order valence-corrected chi connectivity index (χ4v) is 4.85. The molecular formula is C41H64FFeN2O5-. The number of pyridine rings is 1. The quantitative estimate of drug-likeness (QED) is 0.0800. The number of hydrogen-bond acceptors (Lipinski definition) is 5. The zero-order valence-electron chi connectivity index (χ0n) is 32.5. The molecule has 284 valence electrons. The summed E-state index contributed by atoms with van der Waals surface area (Å²) in [6.45, 7) is 24.9. The Morgan fingerprint density at radius 2 is 1.64 bits per heavy atom. The summed E-state index contributed by atoms with van der Waals surface area (Å²) in [6.07, 6.45) is 11.7. The van der Waals surface area contributed by atoms with Crippen LogP contribution >= 0.6 is 0 Å². The van der Waals surface area contributed by atoms with Crippen LogP contribution in [0, 0.1) is 25.8 Å². The van der Waals surface area contributed by atoms with E-state index in [1.807, 2.05) is 39.8 Å². The number of hydrogen-bond donors (Lipinski definition) is 1. The number of amides is 1. The molecule has 0 aliphatic rings. The molecule has 50 heavy (non-hydrogen) atoms. The molecule has 0 saturated heterocycles. The Labute approximate surface area is 313 Å². The minimum atomic E-state index is -0.567. The minimum absolute atomic E-state index is 0. The number of halogens is 1. The van der Waals surface area contributed by atoms with Gasteiger partial charge in [0.05, 0.1) is 18.8 Å². The van der Waals surface area contributed by atoms with Crippen molar-refractivity contribution < 1.29 is 40.5 Å². The SMILES string of the molecule is C=C(C)/C=C(\C=C(/F)CCC)c1c(C)cccc1C.CCC(CC)OC.CCCc1[c-]cc(=O)n(C(CC(C)C)C(N)=O)c1.CCOC=O.[Fe]. The van der Waals surface area contributed by atoms with E-state index in [9.17, 15) is 18.8 Å². The molecule has 0 aliphatic heterocycles. The summed E-state index contributed by atoms with van der Waals surface area (Å²) in [5.41, 5.74) is 11.4. The van der Waals surface area contributed by atoms with Crippen LogP contribution in [0.5, 0.6) is 0 Å². The summed E-state index contributed by atoms with van der Waals surface area (Å²) in [5.74, 6) is -0.231. The summed E-state index contributed by atoms with van der Waals surface area (Å²) < 4.78 is 24.5. The van der Waals surface area contributed by atoms with Crippen LogP contribution in [-0.2, 0) is 42.6 Å². The Morgan fingerprint density at radius 1 is 1.06 bits per heavy atom. The van der Waals surface area contributed by atoms with E-state index in [-0.39, 0.29) is 28.5 Å². The largest absolute Gasteiger partial charge is 0.468 e. The third-order valence-corrected chi connectivity index (χ3v) is 7.26. The molecule has 0 aliphatic carbocycles. The topological polar surface area (TPSA) is 101 Å². The van der Waals surface area contributed by atoms with Gasteiger partial charge >= 0.3 is 0 Å². The molecule has 1 aromatic carbocycles. The molecular weight excluding hydrogens is 675 g/mol. The van der Waals surface area contributed by atoms with Crippen molar-refractivity contribution in [3.63, 3.8) is 0 Å². The van der Waals surface area contributed by atoms with E-state index in [0.717, 1.165) is 65.5 Å². The first-order valence-corrected chi connectivity index (χ1v) is 17.5. The van der Waals surface area contributed by atoms with Crippen molar-refractivity contribution in [2.75, 3.05) is 13.7 Å². The van der Waals surface area contributed by atoms with Crippen LogP contribution in [0.15, 0.2) is 65.4 Å². The van der Waals surface area contributed by atoms with E-state index >= 15 is 0 Å². The predicted molar refractivity (Wildman–Crippen MR) is 203 cm³/mol. The molecule has 0 fully saturated rings. The number of methoxy groups -OCH3 is 1. The normalized spacial score (nSPS) is 11.5. The van der Waals surface area contributed by atoms with Crippen molar-refractivity contribution in [3.8, 4) is 0 Å². The van der Waals surface area contributed by atoms with Crippen LogP contribution in [0.1, 0.15) is 122 Å².